The fourth-order valence-corrected chi connectivity index (χ4v) is 0.898. The molecule has 5 nitrogen and oxygen atoms in total. The molecule has 94 valence electrons. The van der Waals surface area contributed by atoms with Crippen LogP contribution in [0.2, 0.25) is 0 Å². The molecule has 8 heteroatoms. The molecule has 2 atom stereocenters. The molecule has 0 amide bonds. The highest BCUT2D eigenvalue weighted by molar-refractivity contribution is 5.75. The Hall–Kier alpha value is -1.31. The van der Waals surface area contributed by atoms with Gasteiger partial charge in [0, 0.05) is 6.54 Å². The minimum Gasteiger partial charge on any atom is -0.481 e. The summed E-state index contributed by atoms with van der Waals surface area (Å²) >= 11 is 0. The molecule has 0 aliphatic rings. The van der Waals surface area contributed by atoms with Crippen molar-refractivity contribution in [1.29, 1.82) is 0 Å². The molecule has 2 N–H and O–H groups in total. The van der Waals surface area contributed by atoms with Gasteiger partial charge in [-0.2, -0.15) is 13.2 Å². The Morgan fingerprint density at radius 2 is 1.94 bits per heavy atom. The predicted octanol–water partition coefficient (Wildman–Crippen LogP) is 0.401. The van der Waals surface area contributed by atoms with Crippen LogP contribution in [0.4, 0.5) is 13.2 Å². The molecule has 0 aromatic carbocycles. The van der Waals surface area contributed by atoms with Crippen molar-refractivity contribution >= 4 is 11.9 Å². The number of carboxylic acid groups (broad SMARTS) is 1. The van der Waals surface area contributed by atoms with Gasteiger partial charge in [-0.3, -0.25) is 9.59 Å². The van der Waals surface area contributed by atoms with Crippen LogP contribution in [0.1, 0.15) is 6.92 Å². The number of halogens is 3. The van der Waals surface area contributed by atoms with E-state index >= 15 is 0 Å². The van der Waals surface area contributed by atoms with Gasteiger partial charge in [0.15, 0.2) is 5.92 Å². The van der Waals surface area contributed by atoms with E-state index in [4.69, 9.17) is 5.11 Å². The normalized spacial score (nSPS) is 15.3. The van der Waals surface area contributed by atoms with E-state index in [1.165, 1.54) is 6.92 Å². The third-order valence-corrected chi connectivity index (χ3v) is 1.88. The monoisotopic (exact) mass is 243 g/mol. The molecule has 0 fully saturated rings. The summed E-state index contributed by atoms with van der Waals surface area (Å²) in [6.07, 6.45) is -4.85. The molecule has 0 spiro atoms. The molecular formula is C8H12F3NO4. The zero-order chi connectivity index (χ0) is 12.9. The van der Waals surface area contributed by atoms with Crippen LogP contribution in [0.3, 0.4) is 0 Å². The zero-order valence-electron chi connectivity index (χ0n) is 8.67. The van der Waals surface area contributed by atoms with Gasteiger partial charge in [0.2, 0.25) is 0 Å². The Balaban J connectivity index is 4.35. The minimum absolute atomic E-state index is 0.758. The van der Waals surface area contributed by atoms with Gasteiger partial charge in [-0.1, -0.05) is 0 Å². The average Bonchev–Trinajstić information content (AvgIpc) is 2.13. The van der Waals surface area contributed by atoms with Crippen LogP contribution in [-0.4, -0.2) is 42.9 Å². The van der Waals surface area contributed by atoms with Gasteiger partial charge in [-0.15, -0.1) is 0 Å². The van der Waals surface area contributed by atoms with Gasteiger partial charge in [0.05, 0.1) is 7.11 Å². The SMILES string of the molecule is COC(=O)C(C)NCC(C(=O)O)C(F)(F)F. The average molecular weight is 243 g/mol. The number of esters is 1. The first-order valence-electron chi connectivity index (χ1n) is 4.31. The van der Waals surface area contributed by atoms with Crippen molar-refractivity contribution in [2.24, 2.45) is 5.92 Å². The fourth-order valence-electron chi connectivity index (χ4n) is 0.898. The number of aliphatic carboxylic acids is 1. The van der Waals surface area contributed by atoms with E-state index in [0.29, 0.717) is 0 Å². The molecular weight excluding hydrogens is 231 g/mol. The highest BCUT2D eigenvalue weighted by Gasteiger charge is 2.45. The number of carbonyl (C=O) groups is 2. The van der Waals surface area contributed by atoms with E-state index in [1.807, 2.05) is 0 Å². The molecule has 0 aromatic heterocycles. The quantitative estimate of drug-likeness (QED) is 0.683. The van der Waals surface area contributed by atoms with Crippen molar-refractivity contribution in [1.82, 2.24) is 5.32 Å². The molecule has 0 heterocycles. The lowest BCUT2D eigenvalue weighted by Gasteiger charge is -2.18. The standard InChI is InChI=1S/C8H12F3NO4/c1-4(7(15)16-2)12-3-5(6(13)14)8(9,10)11/h4-5,12H,3H2,1-2H3,(H,13,14). The molecule has 0 radical (unpaired) electrons. The predicted molar refractivity (Wildman–Crippen MR) is 46.7 cm³/mol. The highest BCUT2D eigenvalue weighted by atomic mass is 19.4. The lowest BCUT2D eigenvalue weighted by molar-refractivity contribution is -0.193. The van der Waals surface area contributed by atoms with Crippen LogP contribution >= 0.6 is 0 Å². The Kier molecular flexibility index (Phi) is 5.22. The first-order chi connectivity index (χ1) is 7.20. The summed E-state index contributed by atoms with van der Waals surface area (Å²) in [6, 6.07) is -0.991. The molecule has 0 saturated heterocycles. The van der Waals surface area contributed by atoms with Gasteiger partial charge >= 0.3 is 18.1 Å². The Bertz CT molecular complexity index is 266. The smallest absolute Gasteiger partial charge is 0.403 e. The van der Waals surface area contributed by atoms with Crippen LogP contribution in [-0.2, 0) is 14.3 Å². The maximum atomic E-state index is 12.2. The maximum Gasteiger partial charge on any atom is 0.403 e. The van der Waals surface area contributed by atoms with Crippen molar-refractivity contribution in [3.05, 3.63) is 0 Å². The van der Waals surface area contributed by atoms with Crippen LogP contribution in [0.5, 0.6) is 0 Å². The summed E-state index contributed by atoms with van der Waals surface area (Å²) in [4.78, 5) is 21.2. The number of methoxy groups -OCH3 is 1. The van der Waals surface area contributed by atoms with Crippen molar-refractivity contribution in [3.8, 4) is 0 Å². The first-order valence-corrected chi connectivity index (χ1v) is 4.31. The number of nitrogens with one attached hydrogen (secondary N) is 1. The van der Waals surface area contributed by atoms with E-state index in [-0.39, 0.29) is 0 Å². The molecule has 16 heavy (non-hydrogen) atoms. The molecule has 0 aromatic rings. The van der Waals surface area contributed by atoms with Crippen molar-refractivity contribution in [2.45, 2.75) is 19.1 Å². The Morgan fingerprint density at radius 1 is 1.44 bits per heavy atom. The number of carboxylic acids is 1. The van der Waals surface area contributed by atoms with Gasteiger partial charge in [0.25, 0.3) is 0 Å². The lowest BCUT2D eigenvalue weighted by atomic mass is 10.1. The summed E-state index contributed by atoms with van der Waals surface area (Å²) in [5.74, 6) is -5.29. The maximum absolute atomic E-state index is 12.2. The molecule has 0 aliphatic heterocycles. The number of rotatable bonds is 5. The minimum atomic E-state index is -4.85. The summed E-state index contributed by atoms with van der Waals surface area (Å²) < 4.78 is 40.8. The molecule has 0 bridgehead atoms. The summed E-state index contributed by atoms with van der Waals surface area (Å²) in [6.45, 7) is 0.399. The fraction of sp³-hybridized carbons (Fsp3) is 0.750. The van der Waals surface area contributed by atoms with E-state index in [0.717, 1.165) is 7.11 Å². The van der Waals surface area contributed by atoms with E-state index < -0.39 is 36.6 Å². The third-order valence-electron chi connectivity index (χ3n) is 1.88. The van der Waals surface area contributed by atoms with Gasteiger partial charge in [0.1, 0.15) is 6.04 Å². The number of carbonyl (C=O) groups excluding carboxylic acids is 1. The van der Waals surface area contributed by atoms with Crippen molar-refractivity contribution in [2.75, 3.05) is 13.7 Å². The second-order valence-electron chi connectivity index (χ2n) is 3.09. The van der Waals surface area contributed by atoms with Crippen LogP contribution in [0, 0.1) is 5.92 Å². The van der Waals surface area contributed by atoms with Crippen molar-refractivity contribution in [3.63, 3.8) is 0 Å². The van der Waals surface area contributed by atoms with E-state index in [2.05, 4.69) is 10.1 Å². The lowest BCUT2D eigenvalue weighted by Crippen LogP contribution is -2.44. The first kappa shape index (κ1) is 14.7. The number of hydrogen-bond donors (Lipinski definition) is 2. The third kappa shape index (κ3) is 4.47. The summed E-state index contributed by atoms with van der Waals surface area (Å²) in [7, 11) is 1.08. The molecule has 2 unspecified atom stereocenters. The number of alkyl halides is 3. The van der Waals surface area contributed by atoms with Crippen LogP contribution < -0.4 is 5.32 Å². The van der Waals surface area contributed by atoms with Crippen LogP contribution in [0.15, 0.2) is 0 Å². The summed E-state index contributed by atoms with van der Waals surface area (Å²) in [5.41, 5.74) is 0. The zero-order valence-corrected chi connectivity index (χ0v) is 8.67. The topological polar surface area (TPSA) is 75.6 Å². The molecule has 0 saturated carbocycles. The van der Waals surface area contributed by atoms with E-state index in [9.17, 15) is 22.8 Å². The molecule has 0 rings (SSSR count). The van der Waals surface area contributed by atoms with Gasteiger partial charge < -0.3 is 15.2 Å². The Labute approximate surface area is 89.6 Å². The van der Waals surface area contributed by atoms with Crippen LogP contribution in [0.25, 0.3) is 0 Å². The highest BCUT2D eigenvalue weighted by Crippen LogP contribution is 2.25. The van der Waals surface area contributed by atoms with E-state index in [1.54, 1.807) is 0 Å². The van der Waals surface area contributed by atoms with Crippen molar-refractivity contribution < 1.29 is 32.6 Å². The Morgan fingerprint density at radius 3 is 2.25 bits per heavy atom. The van der Waals surface area contributed by atoms with Gasteiger partial charge in [-0.25, -0.2) is 0 Å². The summed E-state index contributed by atoms with van der Waals surface area (Å²) in [5, 5.41) is 10.5. The number of ether oxygens (including phenoxy) is 1. The largest absolute Gasteiger partial charge is 0.481 e. The second kappa shape index (κ2) is 5.69. The molecule has 0 aliphatic carbocycles. The number of hydrogen-bond acceptors (Lipinski definition) is 4. The van der Waals surface area contributed by atoms with Gasteiger partial charge in [-0.05, 0) is 6.92 Å². The second-order valence-corrected chi connectivity index (χ2v) is 3.09.